The molecule has 0 N–H and O–H groups in total. The van der Waals surface area contributed by atoms with E-state index in [9.17, 15) is 4.39 Å². The van der Waals surface area contributed by atoms with Crippen LogP contribution in [0.2, 0.25) is 5.02 Å². The van der Waals surface area contributed by atoms with E-state index in [1.165, 1.54) is 17.2 Å². The highest BCUT2D eigenvalue weighted by Crippen LogP contribution is 2.46. The summed E-state index contributed by atoms with van der Waals surface area (Å²) in [7, 11) is 2.15. The molecule has 3 heteroatoms. The Labute approximate surface area is 130 Å². The Morgan fingerprint density at radius 1 is 1.19 bits per heavy atom. The van der Waals surface area contributed by atoms with E-state index in [1.807, 2.05) is 6.07 Å². The van der Waals surface area contributed by atoms with Crippen molar-refractivity contribution in [3.63, 3.8) is 0 Å². The highest BCUT2D eigenvalue weighted by Gasteiger charge is 2.33. The number of fused-ring (bicyclic) bond motifs is 1. The highest BCUT2D eigenvalue weighted by molar-refractivity contribution is 6.30. The Morgan fingerprint density at radius 3 is 2.57 bits per heavy atom. The van der Waals surface area contributed by atoms with Gasteiger partial charge in [0.2, 0.25) is 0 Å². The molecule has 1 aliphatic carbocycles. The Bertz CT molecular complexity index is 655. The van der Waals surface area contributed by atoms with Crippen molar-refractivity contribution in [1.82, 2.24) is 4.90 Å². The highest BCUT2D eigenvalue weighted by atomic mass is 35.5. The van der Waals surface area contributed by atoms with Crippen molar-refractivity contribution in [2.24, 2.45) is 0 Å². The van der Waals surface area contributed by atoms with Crippen molar-refractivity contribution in [3.8, 4) is 0 Å². The van der Waals surface area contributed by atoms with Crippen LogP contribution >= 0.6 is 11.6 Å². The van der Waals surface area contributed by atoms with Crippen LogP contribution in [0.5, 0.6) is 0 Å². The number of nitrogens with zero attached hydrogens (tertiary/aromatic N) is 1. The molecule has 2 atom stereocenters. The number of hydrogen-bond donors (Lipinski definition) is 0. The normalized spacial score (nSPS) is 20.8. The maximum atomic E-state index is 13.4. The van der Waals surface area contributed by atoms with Gasteiger partial charge >= 0.3 is 0 Å². The minimum Gasteiger partial charge on any atom is -0.300 e. The van der Waals surface area contributed by atoms with Crippen molar-refractivity contribution < 1.29 is 4.39 Å². The van der Waals surface area contributed by atoms with Crippen LogP contribution in [-0.4, -0.2) is 18.5 Å². The summed E-state index contributed by atoms with van der Waals surface area (Å²) in [5, 5.41) is 0.206. The van der Waals surface area contributed by atoms with Gasteiger partial charge in [-0.25, -0.2) is 4.39 Å². The molecule has 0 amide bonds. The van der Waals surface area contributed by atoms with Gasteiger partial charge in [0, 0.05) is 12.0 Å². The van der Waals surface area contributed by atoms with Gasteiger partial charge in [-0.3, -0.25) is 4.90 Å². The van der Waals surface area contributed by atoms with E-state index in [0.717, 1.165) is 18.5 Å². The third kappa shape index (κ3) is 2.58. The Balaban J connectivity index is 2.03. The fourth-order valence-corrected chi connectivity index (χ4v) is 3.48. The van der Waals surface area contributed by atoms with Gasteiger partial charge in [-0.05, 0) is 48.8 Å². The SMILES string of the molecule is CCN(C)[C@H]1C[C@H](c2ccc(F)c(Cl)c2)c2ccccc21. The van der Waals surface area contributed by atoms with Crippen LogP contribution in [0.1, 0.15) is 42.0 Å². The molecule has 2 aromatic carbocycles. The summed E-state index contributed by atoms with van der Waals surface area (Å²) in [6.07, 6.45) is 1.02. The largest absolute Gasteiger partial charge is 0.300 e. The van der Waals surface area contributed by atoms with Crippen LogP contribution in [0.25, 0.3) is 0 Å². The summed E-state index contributed by atoms with van der Waals surface area (Å²) in [5.41, 5.74) is 3.82. The lowest BCUT2D eigenvalue weighted by Gasteiger charge is -2.23. The van der Waals surface area contributed by atoms with Crippen LogP contribution in [0, 0.1) is 5.82 Å². The first-order valence-electron chi connectivity index (χ1n) is 7.35. The molecule has 0 fully saturated rings. The molecule has 0 unspecified atom stereocenters. The zero-order chi connectivity index (χ0) is 15.0. The Morgan fingerprint density at radius 2 is 1.90 bits per heavy atom. The zero-order valence-electron chi connectivity index (χ0n) is 12.3. The number of rotatable bonds is 3. The molecule has 0 heterocycles. The van der Waals surface area contributed by atoms with Crippen LogP contribution in [-0.2, 0) is 0 Å². The fourth-order valence-electron chi connectivity index (χ4n) is 3.29. The summed E-state index contributed by atoms with van der Waals surface area (Å²) in [6, 6.07) is 14.1. The van der Waals surface area contributed by atoms with Crippen molar-refractivity contribution >= 4 is 11.6 Å². The van der Waals surface area contributed by atoms with Gasteiger partial charge in [-0.1, -0.05) is 48.9 Å². The Hall–Kier alpha value is -1.38. The van der Waals surface area contributed by atoms with E-state index in [0.29, 0.717) is 12.0 Å². The second-order valence-corrected chi connectivity index (χ2v) is 6.09. The van der Waals surface area contributed by atoms with Crippen LogP contribution < -0.4 is 0 Å². The molecule has 0 radical (unpaired) electrons. The van der Waals surface area contributed by atoms with Crippen molar-refractivity contribution in [2.75, 3.05) is 13.6 Å². The van der Waals surface area contributed by atoms with Gasteiger partial charge in [0.15, 0.2) is 0 Å². The van der Waals surface area contributed by atoms with Gasteiger partial charge in [0.05, 0.1) is 5.02 Å². The first-order chi connectivity index (χ1) is 10.1. The summed E-state index contributed by atoms with van der Waals surface area (Å²) in [6.45, 7) is 3.18. The molecule has 0 aromatic heterocycles. The first kappa shape index (κ1) is 14.6. The maximum Gasteiger partial charge on any atom is 0.141 e. The number of benzene rings is 2. The van der Waals surface area contributed by atoms with Gasteiger partial charge in [0.25, 0.3) is 0 Å². The first-order valence-corrected chi connectivity index (χ1v) is 7.73. The van der Waals surface area contributed by atoms with Crippen LogP contribution in [0.15, 0.2) is 42.5 Å². The summed E-state index contributed by atoms with van der Waals surface area (Å²) < 4.78 is 13.4. The van der Waals surface area contributed by atoms with E-state index in [4.69, 9.17) is 11.6 Å². The molecule has 110 valence electrons. The van der Waals surface area contributed by atoms with E-state index in [2.05, 4.69) is 43.1 Å². The molecular weight excluding hydrogens is 285 g/mol. The van der Waals surface area contributed by atoms with E-state index < -0.39 is 0 Å². The Kier molecular flexibility index (Phi) is 4.01. The molecule has 0 saturated carbocycles. The standard InChI is InChI=1S/C18H19ClFN/c1-3-21(2)18-11-15(13-6-4-5-7-14(13)18)12-8-9-17(20)16(19)10-12/h4-10,15,18H,3,11H2,1-2H3/t15-,18+/m1/s1. The molecule has 0 saturated heterocycles. The van der Waals surface area contributed by atoms with Crippen molar-refractivity contribution in [2.45, 2.75) is 25.3 Å². The summed E-state index contributed by atoms with van der Waals surface area (Å²) in [4.78, 5) is 2.37. The molecule has 1 aliphatic rings. The maximum absolute atomic E-state index is 13.4. The minimum atomic E-state index is -0.353. The average Bonchev–Trinajstić information content (AvgIpc) is 2.89. The zero-order valence-corrected chi connectivity index (χ0v) is 13.1. The minimum absolute atomic E-state index is 0.206. The summed E-state index contributed by atoms with van der Waals surface area (Å²) in [5.74, 6) is -0.0628. The lowest BCUT2D eigenvalue weighted by Crippen LogP contribution is -2.22. The predicted molar refractivity (Wildman–Crippen MR) is 85.4 cm³/mol. The molecule has 0 spiro atoms. The molecular formula is C18H19ClFN. The van der Waals surface area contributed by atoms with Gasteiger partial charge in [-0.15, -0.1) is 0 Å². The van der Waals surface area contributed by atoms with Crippen molar-refractivity contribution in [3.05, 3.63) is 70.0 Å². The lowest BCUT2D eigenvalue weighted by atomic mass is 9.93. The topological polar surface area (TPSA) is 3.24 Å². The van der Waals surface area contributed by atoms with Gasteiger partial charge < -0.3 is 0 Å². The molecule has 0 aliphatic heterocycles. The predicted octanol–water partition coefficient (Wildman–Crippen LogP) is 5.01. The third-order valence-corrected chi connectivity index (χ3v) is 4.86. The quantitative estimate of drug-likeness (QED) is 0.770. The van der Waals surface area contributed by atoms with Gasteiger partial charge in [-0.2, -0.15) is 0 Å². The smallest absolute Gasteiger partial charge is 0.141 e. The van der Waals surface area contributed by atoms with Crippen molar-refractivity contribution in [1.29, 1.82) is 0 Å². The second kappa shape index (κ2) is 5.78. The van der Waals surface area contributed by atoms with E-state index >= 15 is 0 Å². The second-order valence-electron chi connectivity index (χ2n) is 5.68. The van der Waals surface area contributed by atoms with Crippen LogP contribution in [0.4, 0.5) is 4.39 Å². The fraction of sp³-hybridized carbons (Fsp3) is 0.333. The van der Waals surface area contributed by atoms with Crippen LogP contribution in [0.3, 0.4) is 0 Å². The molecule has 21 heavy (non-hydrogen) atoms. The molecule has 2 aromatic rings. The lowest BCUT2D eigenvalue weighted by molar-refractivity contribution is 0.253. The van der Waals surface area contributed by atoms with Gasteiger partial charge in [0.1, 0.15) is 5.82 Å². The molecule has 0 bridgehead atoms. The summed E-state index contributed by atoms with van der Waals surface area (Å²) >= 11 is 5.96. The average molecular weight is 304 g/mol. The number of halogens is 2. The molecule has 3 rings (SSSR count). The monoisotopic (exact) mass is 303 g/mol. The third-order valence-electron chi connectivity index (χ3n) is 4.57. The molecule has 1 nitrogen and oxygen atoms in total. The number of hydrogen-bond acceptors (Lipinski definition) is 1. The van der Waals surface area contributed by atoms with E-state index in [-0.39, 0.29) is 10.8 Å². The van der Waals surface area contributed by atoms with E-state index in [1.54, 1.807) is 6.07 Å².